The second-order valence-electron chi connectivity index (χ2n) is 4.76. The molecule has 0 aliphatic carbocycles. The molecule has 0 fully saturated rings. The number of carbonyl (C=O) groups is 1. The molecule has 4 nitrogen and oxygen atoms in total. The van der Waals surface area contributed by atoms with Crippen molar-refractivity contribution in [2.24, 2.45) is 0 Å². The van der Waals surface area contributed by atoms with Gasteiger partial charge in [-0.05, 0) is 38.5 Å². The minimum atomic E-state index is -0.878. The van der Waals surface area contributed by atoms with Crippen LogP contribution >= 0.6 is 0 Å². The number of amides is 1. The average molecular weight is 235 g/mol. The standard InChI is InChI=1S/C13H17NO3/c1-9-4-5-11-10(8-9)14(6-7-15)12(16)13(2,3)17-11/h4-5,8,15H,6-7H2,1-3H3. The van der Waals surface area contributed by atoms with Gasteiger partial charge < -0.3 is 14.7 Å². The fourth-order valence-corrected chi connectivity index (χ4v) is 2.00. The van der Waals surface area contributed by atoms with E-state index in [1.165, 1.54) is 0 Å². The Hall–Kier alpha value is -1.55. The Morgan fingerprint density at radius 3 is 2.76 bits per heavy atom. The highest BCUT2D eigenvalue weighted by Gasteiger charge is 2.40. The molecular weight excluding hydrogens is 218 g/mol. The molecule has 0 atom stereocenters. The van der Waals surface area contributed by atoms with Gasteiger partial charge in [0, 0.05) is 6.54 Å². The SMILES string of the molecule is Cc1ccc2c(c1)N(CCO)C(=O)C(C)(C)O2. The number of hydrogen-bond donors (Lipinski definition) is 1. The fourth-order valence-electron chi connectivity index (χ4n) is 2.00. The summed E-state index contributed by atoms with van der Waals surface area (Å²) in [6.07, 6.45) is 0. The predicted octanol–water partition coefficient (Wildman–Crippen LogP) is 1.49. The topological polar surface area (TPSA) is 49.8 Å². The van der Waals surface area contributed by atoms with Crippen LogP contribution in [0.15, 0.2) is 18.2 Å². The van der Waals surface area contributed by atoms with Crippen molar-refractivity contribution in [3.8, 4) is 5.75 Å². The van der Waals surface area contributed by atoms with Crippen molar-refractivity contribution in [3.05, 3.63) is 23.8 Å². The molecule has 0 radical (unpaired) electrons. The van der Waals surface area contributed by atoms with Crippen LogP contribution in [0, 0.1) is 6.92 Å². The van der Waals surface area contributed by atoms with Crippen molar-refractivity contribution >= 4 is 11.6 Å². The molecule has 0 bridgehead atoms. The van der Waals surface area contributed by atoms with Gasteiger partial charge in [-0.25, -0.2) is 0 Å². The fraction of sp³-hybridized carbons (Fsp3) is 0.462. The van der Waals surface area contributed by atoms with Crippen molar-refractivity contribution in [3.63, 3.8) is 0 Å². The maximum atomic E-state index is 12.2. The molecule has 17 heavy (non-hydrogen) atoms. The first-order valence-electron chi connectivity index (χ1n) is 5.68. The van der Waals surface area contributed by atoms with Crippen LogP contribution < -0.4 is 9.64 Å². The molecule has 1 amide bonds. The first kappa shape index (κ1) is 11.9. The maximum absolute atomic E-state index is 12.2. The largest absolute Gasteiger partial charge is 0.476 e. The Kier molecular flexibility index (Phi) is 2.83. The van der Waals surface area contributed by atoms with E-state index in [2.05, 4.69) is 0 Å². The van der Waals surface area contributed by atoms with Gasteiger partial charge in [0.25, 0.3) is 5.91 Å². The van der Waals surface area contributed by atoms with Crippen molar-refractivity contribution in [2.45, 2.75) is 26.4 Å². The van der Waals surface area contributed by atoms with Crippen LogP contribution in [0.5, 0.6) is 5.75 Å². The quantitative estimate of drug-likeness (QED) is 0.845. The average Bonchev–Trinajstić information content (AvgIpc) is 2.26. The summed E-state index contributed by atoms with van der Waals surface area (Å²) < 4.78 is 5.69. The Labute approximate surface area is 101 Å². The van der Waals surface area contributed by atoms with Gasteiger partial charge in [-0.3, -0.25) is 4.79 Å². The number of aliphatic hydroxyl groups excluding tert-OH is 1. The van der Waals surface area contributed by atoms with Gasteiger partial charge >= 0.3 is 0 Å². The van der Waals surface area contributed by atoms with E-state index in [1.54, 1.807) is 18.7 Å². The number of aliphatic hydroxyl groups is 1. The number of benzene rings is 1. The van der Waals surface area contributed by atoms with Gasteiger partial charge in [0.05, 0.1) is 12.3 Å². The third kappa shape index (κ3) is 2.00. The summed E-state index contributed by atoms with van der Waals surface area (Å²) in [6, 6.07) is 5.71. The number of carbonyl (C=O) groups excluding carboxylic acids is 1. The molecule has 0 saturated carbocycles. The molecule has 0 spiro atoms. The number of rotatable bonds is 2. The van der Waals surface area contributed by atoms with E-state index in [1.807, 2.05) is 25.1 Å². The lowest BCUT2D eigenvalue weighted by Gasteiger charge is -2.38. The summed E-state index contributed by atoms with van der Waals surface area (Å²) >= 11 is 0. The molecule has 1 aromatic rings. The van der Waals surface area contributed by atoms with Gasteiger partial charge in [-0.2, -0.15) is 0 Å². The maximum Gasteiger partial charge on any atom is 0.270 e. The smallest absolute Gasteiger partial charge is 0.270 e. The highest BCUT2D eigenvalue weighted by atomic mass is 16.5. The first-order valence-corrected chi connectivity index (χ1v) is 5.68. The molecular formula is C13H17NO3. The van der Waals surface area contributed by atoms with E-state index in [0.29, 0.717) is 12.3 Å². The van der Waals surface area contributed by atoms with Gasteiger partial charge in [0.15, 0.2) is 5.60 Å². The summed E-state index contributed by atoms with van der Waals surface area (Å²) in [5.41, 5.74) is 0.920. The van der Waals surface area contributed by atoms with Crippen LogP contribution in [0.3, 0.4) is 0 Å². The molecule has 1 N–H and O–H groups in total. The molecule has 4 heteroatoms. The van der Waals surface area contributed by atoms with Gasteiger partial charge in [-0.15, -0.1) is 0 Å². The number of anilines is 1. The Morgan fingerprint density at radius 1 is 1.41 bits per heavy atom. The highest BCUT2D eigenvalue weighted by Crippen LogP contribution is 2.37. The monoisotopic (exact) mass is 235 g/mol. The summed E-state index contributed by atoms with van der Waals surface area (Å²) in [5, 5.41) is 9.07. The highest BCUT2D eigenvalue weighted by molar-refractivity contribution is 6.02. The predicted molar refractivity (Wildman–Crippen MR) is 65.3 cm³/mol. The number of β-amino-alcohol motifs (C(OH)–C–C–N with tert-alkyl or cyclic N) is 1. The third-order valence-corrected chi connectivity index (χ3v) is 2.85. The zero-order valence-corrected chi connectivity index (χ0v) is 10.4. The molecule has 1 aromatic carbocycles. The van der Waals surface area contributed by atoms with E-state index in [9.17, 15) is 4.79 Å². The molecule has 0 aromatic heterocycles. The number of hydrogen-bond acceptors (Lipinski definition) is 3. The molecule has 0 saturated heterocycles. The van der Waals surface area contributed by atoms with Crippen LogP contribution in [0.2, 0.25) is 0 Å². The Morgan fingerprint density at radius 2 is 2.12 bits per heavy atom. The normalized spacial score (nSPS) is 17.6. The van der Waals surface area contributed by atoms with Crippen molar-refractivity contribution < 1.29 is 14.6 Å². The summed E-state index contributed by atoms with van der Waals surface area (Å²) in [4.78, 5) is 13.8. The van der Waals surface area contributed by atoms with Crippen molar-refractivity contribution in [2.75, 3.05) is 18.1 Å². The molecule has 1 aliphatic rings. The Bertz CT molecular complexity index is 454. The van der Waals surface area contributed by atoms with Crippen LogP contribution in [-0.4, -0.2) is 29.8 Å². The second-order valence-corrected chi connectivity index (χ2v) is 4.76. The van der Waals surface area contributed by atoms with Crippen LogP contribution in [-0.2, 0) is 4.79 Å². The van der Waals surface area contributed by atoms with Gasteiger partial charge in [0.1, 0.15) is 5.75 Å². The lowest BCUT2D eigenvalue weighted by molar-refractivity contribution is -0.132. The van der Waals surface area contributed by atoms with Gasteiger partial charge in [-0.1, -0.05) is 6.07 Å². The molecule has 1 heterocycles. The lowest BCUT2D eigenvalue weighted by Crippen LogP contribution is -2.53. The number of fused-ring (bicyclic) bond motifs is 1. The molecule has 2 rings (SSSR count). The second kappa shape index (κ2) is 4.04. The minimum absolute atomic E-state index is 0.0603. The van der Waals surface area contributed by atoms with E-state index in [4.69, 9.17) is 9.84 Å². The Balaban J connectivity index is 2.51. The van der Waals surface area contributed by atoms with E-state index in [0.717, 1.165) is 11.3 Å². The van der Waals surface area contributed by atoms with E-state index in [-0.39, 0.29) is 12.5 Å². The summed E-state index contributed by atoms with van der Waals surface area (Å²) in [7, 11) is 0. The number of aryl methyl sites for hydroxylation is 1. The van der Waals surface area contributed by atoms with Crippen molar-refractivity contribution in [1.82, 2.24) is 0 Å². The van der Waals surface area contributed by atoms with Crippen LogP contribution in [0.1, 0.15) is 19.4 Å². The number of nitrogens with zero attached hydrogens (tertiary/aromatic N) is 1. The number of ether oxygens (including phenoxy) is 1. The summed E-state index contributed by atoms with van der Waals surface area (Å²) in [6.45, 7) is 5.67. The molecule has 0 unspecified atom stereocenters. The first-order chi connectivity index (χ1) is 7.95. The third-order valence-electron chi connectivity index (χ3n) is 2.85. The molecule has 1 aliphatic heterocycles. The van der Waals surface area contributed by atoms with Crippen LogP contribution in [0.4, 0.5) is 5.69 Å². The zero-order chi connectivity index (χ0) is 12.6. The van der Waals surface area contributed by atoms with Gasteiger partial charge in [0.2, 0.25) is 0 Å². The molecule has 92 valence electrons. The van der Waals surface area contributed by atoms with E-state index < -0.39 is 5.60 Å². The minimum Gasteiger partial charge on any atom is -0.476 e. The zero-order valence-electron chi connectivity index (χ0n) is 10.4. The lowest BCUT2D eigenvalue weighted by atomic mass is 10.0. The van der Waals surface area contributed by atoms with Crippen molar-refractivity contribution in [1.29, 1.82) is 0 Å². The van der Waals surface area contributed by atoms with Crippen LogP contribution in [0.25, 0.3) is 0 Å². The van der Waals surface area contributed by atoms with E-state index >= 15 is 0 Å². The summed E-state index contributed by atoms with van der Waals surface area (Å²) in [5.74, 6) is 0.568.